The van der Waals surface area contributed by atoms with Crippen LogP contribution in [0.15, 0.2) is 0 Å². The Kier molecular flexibility index (Phi) is 5.81. The molecule has 2 N–H and O–H groups in total. The summed E-state index contributed by atoms with van der Waals surface area (Å²) in [4.78, 5) is 17.2. The Hall–Kier alpha value is -0.650. The molecule has 0 spiro atoms. The van der Waals surface area contributed by atoms with E-state index in [1.54, 1.807) is 0 Å². The number of carbonyl (C=O) groups excluding carboxylic acids is 1. The fourth-order valence-corrected chi connectivity index (χ4v) is 3.16. The van der Waals surface area contributed by atoms with Crippen LogP contribution in [-0.4, -0.2) is 75.1 Å². The van der Waals surface area contributed by atoms with Gasteiger partial charge in [-0.3, -0.25) is 4.79 Å². The summed E-state index contributed by atoms with van der Waals surface area (Å²) < 4.78 is 0. The molecular formula is C15H30N4O. The van der Waals surface area contributed by atoms with E-state index < -0.39 is 0 Å². The molecule has 0 saturated carbocycles. The Morgan fingerprint density at radius 2 is 2.05 bits per heavy atom. The molecule has 0 aliphatic carbocycles. The van der Waals surface area contributed by atoms with Gasteiger partial charge in [0.05, 0.1) is 5.41 Å². The number of carbonyl (C=O) groups is 1. The first-order valence-corrected chi connectivity index (χ1v) is 8.06. The molecule has 20 heavy (non-hydrogen) atoms. The second kappa shape index (κ2) is 7.38. The number of piperazine rings is 1. The molecule has 116 valence electrons. The lowest BCUT2D eigenvalue weighted by Gasteiger charge is -2.32. The molecule has 5 heteroatoms. The van der Waals surface area contributed by atoms with Gasteiger partial charge in [0, 0.05) is 39.3 Å². The smallest absolute Gasteiger partial charge is 0.227 e. The van der Waals surface area contributed by atoms with Crippen LogP contribution >= 0.6 is 0 Å². The molecule has 5 nitrogen and oxygen atoms in total. The van der Waals surface area contributed by atoms with Crippen molar-refractivity contribution in [1.82, 2.24) is 20.4 Å². The molecule has 0 aromatic rings. The van der Waals surface area contributed by atoms with Gasteiger partial charge in [0.25, 0.3) is 0 Å². The van der Waals surface area contributed by atoms with E-state index in [0.717, 1.165) is 71.6 Å². The van der Waals surface area contributed by atoms with E-state index in [1.165, 1.54) is 0 Å². The lowest BCUT2D eigenvalue weighted by molar-refractivity contribution is -0.130. The molecule has 1 amide bonds. The minimum atomic E-state index is -0.145. The SMILES string of the molecule is CCC1(C(=O)NCCCN2CCN(C)CC2)CCNC1. The van der Waals surface area contributed by atoms with E-state index in [2.05, 4.69) is 34.4 Å². The van der Waals surface area contributed by atoms with E-state index in [4.69, 9.17) is 0 Å². The third-order valence-electron chi connectivity index (χ3n) is 4.93. The molecule has 2 rings (SSSR count). The third kappa shape index (κ3) is 3.93. The van der Waals surface area contributed by atoms with Crippen LogP contribution in [-0.2, 0) is 4.79 Å². The minimum absolute atomic E-state index is 0.145. The molecule has 0 aromatic carbocycles. The highest BCUT2D eigenvalue weighted by Crippen LogP contribution is 2.29. The Balaban J connectivity index is 1.62. The van der Waals surface area contributed by atoms with Crippen molar-refractivity contribution in [3.63, 3.8) is 0 Å². The van der Waals surface area contributed by atoms with Crippen molar-refractivity contribution < 1.29 is 4.79 Å². The second-order valence-electron chi connectivity index (χ2n) is 6.32. The van der Waals surface area contributed by atoms with Crippen molar-refractivity contribution in [1.29, 1.82) is 0 Å². The van der Waals surface area contributed by atoms with Gasteiger partial charge in [0.2, 0.25) is 5.91 Å². The summed E-state index contributed by atoms with van der Waals surface area (Å²) in [5.41, 5.74) is -0.145. The van der Waals surface area contributed by atoms with Gasteiger partial charge in [-0.1, -0.05) is 6.92 Å². The molecule has 2 aliphatic heterocycles. The standard InChI is InChI=1S/C15H30N4O/c1-3-15(5-7-16-13-15)14(20)17-6-4-8-19-11-9-18(2)10-12-19/h16H,3-13H2,1-2H3,(H,17,20). The first-order chi connectivity index (χ1) is 9.66. The molecule has 2 aliphatic rings. The monoisotopic (exact) mass is 282 g/mol. The summed E-state index contributed by atoms with van der Waals surface area (Å²) in [5.74, 6) is 0.253. The summed E-state index contributed by atoms with van der Waals surface area (Å²) in [7, 11) is 2.18. The van der Waals surface area contributed by atoms with Crippen molar-refractivity contribution in [3.8, 4) is 0 Å². The summed E-state index contributed by atoms with van der Waals surface area (Å²) in [6.07, 6.45) is 2.97. The van der Waals surface area contributed by atoms with Crippen LogP contribution in [0, 0.1) is 5.41 Å². The predicted octanol–water partition coefficient (Wildman–Crippen LogP) is 0.130. The summed E-state index contributed by atoms with van der Waals surface area (Å²) >= 11 is 0. The zero-order chi connectivity index (χ0) is 14.4. The molecule has 1 atom stereocenters. The van der Waals surface area contributed by atoms with Crippen LogP contribution in [0.1, 0.15) is 26.2 Å². The van der Waals surface area contributed by atoms with Crippen molar-refractivity contribution in [2.75, 3.05) is 59.4 Å². The Morgan fingerprint density at radius 3 is 2.65 bits per heavy atom. The number of nitrogens with zero attached hydrogens (tertiary/aromatic N) is 2. The van der Waals surface area contributed by atoms with Gasteiger partial charge in [0.1, 0.15) is 0 Å². The predicted molar refractivity (Wildman–Crippen MR) is 81.8 cm³/mol. The average molecular weight is 282 g/mol. The van der Waals surface area contributed by atoms with E-state index >= 15 is 0 Å². The maximum absolute atomic E-state index is 12.3. The third-order valence-corrected chi connectivity index (χ3v) is 4.93. The van der Waals surface area contributed by atoms with Crippen molar-refractivity contribution in [2.45, 2.75) is 26.2 Å². The summed E-state index contributed by atoms with van der Waals surface area (Å²) in [6.45, 7) is 10.5. The molecular weight excluding hydrogens is 252 g/mol. The number of nitrogens with one attached hydrogen (secondary N) is 2. The van der Waals surface area contributed by atoms with Crippen molar-refractivity contribution in [2.24, 2.45) is 5.41 Å². The highest BCUT2D eigenvalue weighted by molar-refractivity contribution is 5.83. The molecule has 0 radical (unpaired) electrons. The number of rotatable bonds is 6. The second-order valence-corrected chi connectivity index (χ2v) is 6.32. The molecule has 2 fully saturated rings. The van der Waals surface area contributed by atoms with Crippen LogP contribution in [0.3, 0.4) is 0 Å². The molecule has 2 saturated heterocycles. The molecule has 0 bridgehead atoms. The van der Waals surface area contributed by atoms with Crippen molar-refractivity contribution >= 4 is 5.91 Å². The van der Waals surface area contributed by atoms with Gasteiger partial charge in [0.15, 0.2) is 0 Å². The summed E-state index contributed by atoms with van der Waals surface area (Å²) in [5, 5.41) is 6.47. The minimum Gasteiger partial charge on any atom is -0.356 e. The van der Waals surface area contributed by atoms with E-state index in [1.807, 2.05) is 0 Å². The van der Waals surface area contributed by atoms with E-state index in [0.29, 0.717) is 0 Å². The Morgan fingerprint density at radius 1 is 1.30 bits per heavy atom. The largest absolute Gasteiger partial charge is 0.356 e. The Bertz CT molecular complexity index is 307. The van der Waals surface area contributed by atoms with E-state index in [-0.39, 0.29) is 11.3 Å². The lowest BCUT2D eigenvalue weighted by atomic mass is 9.83. The molecule has 1 unspecified atom stereocenters. The van der Waals surface area contributed by atoms with Crippen LogP contribution < -0.4 is 10.6 Å². The quantitative estimate of drug-likeness (QED) is 0.680. The zero-order valence-corrected chi connectivity index (χ0v) is 13.1. The first-order valence-electron chi connectivity index (χ1n) is 8.06. The normalized spacial score (nSPS) is 28.7. The fourth-order valence-electron chi connectivity index (χ4n) is 3.16. The molecule has 2 heterocycles. The van der Waals surface area contributed by atoms with Crippen LogP contribution in [0.2, 0.25) is 0 Å². The van der Waals surface area contributed by atoms with Gasteiger partial charge in [-0.25, -0.2) is 0 Å². The zero-order valence-electron chi connectivity index (χ0n) is 13.1. The van der Waals surface area contributed by atoms with Gasteiger partial charge in [-0.15, -0.1) is 0 Å². The van der Waals surface area contributed by atoms with Crippen molar-refractivity contribution in [3.05, 3.63) is 0 Å². The van der Waals surface area contributed by atoms with Crippen LogP contribution in [0.25, 0.3) is 0 Å². The fraction of sp³-hybridized carbons (Fsp3) is 0.933. The number of amides is 1. The molecule has 0 aromatic heterocycles. The average Bonchev–Trinajstić information content (AvgIpc) is 2.95. The lowest BCUT2D eigenvalue weighted by Crippen LogP contribution is -2.46. The summed E-state index contributed by atoms with van der Waals surface area (Å²) in [6, 6.07) is 0. The van der Waals surface area contributed by atoms with Gasteiger partial charge >= 0.3 is 0 Å². The van der Waals surface area contributed by atoms with Crippen LogP contribution in [0.4, 0.5) is 0 Å². The number of hydrogen-bond donors (Lipinski definition) is 2. The Labute approximate surface area is 123 Å². The topological polar surface area (TPSA) is 47.6 Å². The highest BCUT2D eigenvalue weighted by Gasteiger charge is 2.39. The highest BCUT2D eigenvalue weighted by atomic mass is 16.2. The maximum Gasteiger partial charge on any atom is 0.227 e. The number of likely N-dealkylation sites (N-methyl/N-ethyl adjacent to an activating group) is 1. The van der Waals surface area contributed by atoms with Gasteiger partial charge in [-0.2, -0.15) is 0 Å². The first kappa shape index (κ1) is 15.7. The van der Waals surface area contributed by atoms with E-state index in [9.17, 15) is 4.79 Å². The number of hydrogen-bond acceptors (Lipinski definition) is 4. The van der Waals surface area contributed by atoms with Gasteiger partial charge < -0.3 is 20.4 Å². The van der Waals surface area contributed by atoms with Crippen LogP contribution in [0.5, 0.6) is 0 Å². The van der Waals surface area contributed by atoms with Gasteiger partial charge in [-0.05, 0) is 39.4 Å². The maximum atomic E-state index is 12.3.